The largest absolute Gasteiger partial charge is 0.393 e. The Bertz CT molecular complexity index is 1270. The fourth-order valence-corrected chi connectivity index (χ4v) is 10.8. The molecule has 440 valence electrons. The van der Waals surface area contributed by atoms with Gasteiger partial charge in [0.25, 0.3) is 0 Å². The van der Waals surface area contributed by atoms with Gasteiger partial charge in [0.2, 0.25) is 5.60 Å². The maximum Gasteiger partial charge on any atom is 0.219 e. The molecule has 0 aliphatic rings. The Labute approximate surface area is 466 Å². The molecule has 0 bridgehead atoms. The third-order valence-electron chi connectivity index (χ3n) is 16.1. The quantitative estimate of drug-likeness (QED) is 0.0318. The summed E-state index contributed by atoms with van der Waals surface area (Å²) in [4.78, 5) is 41.6. The lowest BCUT2D eigenvalue weighted by Crippen LogP contribution is -2.69. The van der Waals surface area contributed by atoms with E-state index < -0.39 is 35.2 Å². The first kappa shape index (κ1) is 73.1. The minimum atomic E-state index is -2.94. The van der Waals surface area contributed by atoms with E-state index in [-0.39, 0.29) is 19.3 Å². The third-order valence-corrected chi connectivity index (χ3v) is 16.1. The predicted octanol–water partition coefficient (Wildman–Crippen LogP) is 20.9. The molecule has 3 N–H and O–H groups in total. The van der Waals surface area contributed by atoms with Crippen LogP contribution in [0.5, 0.6) is 0 Å². The normalized spacial score (nSPS) is 13.7. The number of ketones is 3. The van der Waals surface area contributed by atoms with E-state index in [1.807, 2.05) is 0 Å². The van der Waals surface area contributed by atoms with Crippen LogP contribution < -0.4 is 0 Å². The molecule has 0 saturated heterocycles. The third kappa shape index (κ3) is 42.7. The van der Waals surface area contributed by atoms with E-state index in [2.05, 4.69) is 57.2 Å². The number of carbonyl (C=O) groups excluding carboxylic acids is 3. The summed E-state index contributed by atoms with van der Waals surface area (Å²) in [5, 5.41) is 34.4. The number of allylic oxidation sites excluding steroid dienone is 6. The highest BCUT2D eigenvalue weighted by atomic mass is 16.4. The smallest absolute Gasteiger partial charge is 0.219 e. The zero-order valence-corrected chi connectivity index (χ0v) is 50.4. The minimum Gasteiger partial charge on any atom is -0.393 e. The van der Waals surface area contributed by atoms with E-state index in [0.29, 0.717) is 19.3 Å². The number of carbonyl (C=O) groups is 3. The van der Waals surface area contributed by atoms with E-state index in [9.17, 15) is 29.7 Å². The van der Waals surface area contributed by atoms with Gasteiger partial charge in [0.05, 0.1) is 6.61 Å². The number of unbranched alkanes of at least 4 members (excludes halogenated alkanes) is 45. The summed E-state index contributed by atoms with van der Waals surface area (Å²) in [6.45, 7) is 5.64. The predicted molar refractivity (Wildman–Crippen MR) is 326 cm³/mol. The first-order chi connectivity index (χ1) is 36.8. The van der Waals surface area contributed by atoms with Gasteiger partial charge in [-0.25, -0.2) is 0 Å². The number of Topliss-reactive ketones (excluding diaryl/α,β-unsaturated/α-hetero) is 3. The fourth-order valence-electron chi connectivity index (χ4n) is 10.8. The summed E-state index contributed by atoms with van der Waals surface area (Å²) >= 11 is 0. The molecule has 0 aromatic carbocycles. The van der Waals surface area contributed by atoms with Gasteiger partial charge < -0.3 is 15.3 Å². The van der Waals surface area contributed by atoms with Gasteiger partial charge in [-0.05, 0) is 96.3 Å². The number of hydrogen-bond acceptors (Lipinski definition) is 6. The Morgan fingerprint density at radius 2 is 0.440 bits per heavy atom. The van der Waals surface area contributed by atoms with Crippen LogP contribution in [0.3, 0.4) is 0 Å². The van der Waals surface area contributed by atoms with Gasteiger partial charge in [0.15, 0.2) is 23.0 Å². The summed E-state index contributed by atoms with van der Waals surface area (Å²) in [5.41, 5.74) is -5.77. The van der Waals surface area contributed by atoms with Crippen molar-refractivity contribution < 1.29 is 29.7 Å². The lowest BCUT2D eigenvalue weighted by Gasteiger charge is -2.39. The van der Waals surface area contributed by atoms with Crippen LogP contribution >= 0.6 is 0 Å². The topological polar surface area (TPSA) is 112 Å². The van der Waals surface area contributed by atoms with Crippen molar-refractivity contribution in [2.24, 2.45) is 0 Å². The molecule has 0 radical (unpaired) electrons. The maximum atomic E-state index is 13.9. The highest BCUT2D eigenvalue weighted by Gasteiger charge is 2.62. The Morgan fingerprint density at radius 1 is 0.267 bits per heavy atom. The second-order valence-corrected chi connectivity index (χ2v) is 23.2. The summed E-state index contributed by atoms with van der Waals surface area (Å²) in [6.07, 6.45) is 73.5. The van der Waals surface area contributed by atoms with Crippen LogP contribution in [0.25, 0.3) is 0 Å². The molecular weight excluding hydrogens is 925 g/mol. The monoisotopic (exact) mass is 1050 g/mol. The van der Waals surface area contributed by atoms with Gasteiger partial charge in [-0.3, -0.25) is 14.4 Å². The van der Waals surface area contributed by atoms with Crippen LogP contribution in [0, 0.1) is 0 Å². The second-order valence-electron chi connectivity index (χ2n) is 23.2. The molecule has 6 heteroatoms. The molecule has 0 aromatic rings. The van der Waals surface area contributed by atoms with E-state index in [1.165, 1.54) is 231 Å². The summed E-state index contributed by atoms with van der Waals surface area (Å²) < 4.78 is 0. The van der Waals surface area contributed by atoms with Crippen molar-refractivity contribution in [2.75, 3.05) is 6.61 Å². The SMILES string of the molecule is CCCCCCCCC=CCCCCCCCCCCCC(=O)C(O)(CO)C(O)(C(=O)CCCCCCCCCCCC=CCCCCCCCC)C(=O)CCCCCCCCCCCC=CCCCCCCCC. The summed E-state index contributed by atoms with van der Waals surface area (Å²) in [7, 11) is 0. The van der Waals surface area contributed by atoms with Crippen molar-refractivity contribution in [1.29, 1.82) is 0 Å². The molecule has 1 unspecified atom stereocenters. The van der Waals surface area contributed by atoms with E-state index in [0.717, 1.165) is 77.0 Å². The Kier molecular flexibility index (Phi) is 55.4. The lowest BCUT2D eigenvalue weighted by molar-refractivity contribution is -0.194. The van der Waals surface area contributed by atoms with Crippen LogP contribution in [0.2, 0.25) is 0 Å². The highest BCUT2D eigenvalue weighted by Crippen LogP contribution is 2.32. The van der Waals surface area contributed by atoms with Gasteiger partial charge in [-0.2, -0.15) is 0 Å². The molecule has 0 heterocycles. The number of rotatable bonds is 62. The molecule has 0 amide bonds. The summed E-state index contributed by atoms with van der Waals surface area (Å²) in [5.74, 6) is -2.45. The van der Waals surface area contributed by atoms with Gasteiger partial charge in [-0.15, -0.1) is 0 Å². The average Bonchev–Trinajstić information content (AvgIpc) is 3.41. The minimum absolute atomic E-state index is 0.0851. The average molecular weight is 1050 g/mol. The summed E-state index contributed by atoms with van der Waals surface area (Å²) in [6, 6.07) is 0. The molecule has 0 aliphatic carbocycles. The molecule has 0 saturated carbocycles. The number of aliphatic hydroxyl groups is 3. The standard InChI is InChI=1S/C69H128O6/c1-4-7-10-13-16-19-22-25-28-31-34-37-40-43-46-49-52-55-58-61-65(71)68(74,64-70)69(75,66(72)62-59-56-53-50-47-44-41-38-35-32-29-26-23-20-17-14-11-8-5-2)67(73)63-60-57-54-51-48-45-42-39-36-33-30-27-24-21-18-15-12-9-6-3/h25-30,70,74-75H,4-24,31-64H2,1-3H3. The molecule has 0 spiro atoms. The first-order valence-electron chi connectivity index (χ1n) is 33.4. The van der Waals surface area contributed by atoms with E-state index in [4.69, 9.17) is 0 Å². The van der Waals surface area contributed by atoms with Crippen molar-refractivity contribution in [3.05, 3.63) is 36.5 Å². The van der Waals surface area contributed by atoms with Crippen molar-refractivity contribution in [3.8, 4) is 0 Å². The lowest BCUT2D eigenvalue weighted by atomic mass is 9.71. The Morgan fingerprint density at radius 3 is 0.640 bits per heavy atom. The molecular formula is C69H128O6. The van der Waals surface area contributed by atoms with Crippen molar-refractivity contribution in [2.45, 2.75) is 379 Å². The van der Waals surface area contributed by atoms with Crippen LogP contribution in [-0.2, 0) is 14.4 Å². The Balaban J connectivity index is 4.82. The van der Waals surface area contributed by atoms with Crippen molar-refractivity contribution in [3.63, 3.8) is 0 Å². The molecule has 0 fully saturated rings. The Hall–Kier alpha value is -1.89. The molecule has 1 atom stereocenters. The van der Waals surface area contributed by atoms with Gasteiger partial charge >= 0.3 is 0 Å². The highest BCUT2D eigenvalue weighted by molar-refractivity contribution is 6.16. The van der Waals surface area contributed by atoms with Gasteiger partial charge in [-0.1, -0.05) is 288 Å². The second kappa shape index (κ2) is 56.8. The van der Waals surface area contributed by atoms with Gasteiger partial charge in [0.1, 0.15) is 0 Å². The zero-order chi connectivity index (χ0) is 54.9. The molecule has 75 heavy (non-hydrogen) atoms. The van der Waals surface area contributed by atoms with Crippen LogP contribution in [0.4, 0.5) is 0 Å². The van der Waals surface area contributed by atoms with E-state index >= 15 is 0 Å². The number of aliphatic hydroxyl groups excluding tert-OH is 1. The van der Waals surface area contributed by atoms with Crippen LogP contribution in [0.1, 0.15) is 367 Å². The molecule has 6 nitrogen and oxygen atoms in total. The molecule has 0 rings (SSSR count). The molecule has 0 aliphatic heterocycles. The van der Waals surface area contributed by atoms with Gasteiger partial charge in [0, 0.05) is 19.3 Å². The van der Waals surface area contributed by atoms with Crippen LogP contribution in [0.15, 0.2) is 36.5 Å². The first-order valence-corrected chi connectivity index (χ1v) is 33.4. The fraction of sp³-hybridized carbons (Fsp3) is 0.870. The zero-order valence-electron chi connectivity index (χ0n) is 50.4. The maximum absolute atomic E-state index is 13.9. The van der Waals surface area contributed by atoms with Crippen molar-refractivity contribution in [1.82, 2.24) is 0 Å². The van der Waals surface area contributed by atoms with Crippen LogP contribution in [-0.4, -0.2) is 50.5 Å². The molecule has 0 aromatic heterocycles. The van der Waals surface area contributed by atoms with E-state index in [1.54, 1.807) is 0 Å². The van der Waals surface area contributed by atoms with Crippen molar-refractivity contribution >= 4 is 17.3 Å². The number of hydrogen-bond donors (Lipinski definition) is 3.